The fourth-order valence-corrected chi connectivity index (χ4v) is 1.89. The minimum atomic E-state index is -0.540. The Kier molecular flexibility index (Phi) is 4.14. The van der Waals surface area contributed by atoms with E-state index in [4.69, 9.17) is 39.5 Å². The molecule has 0 saturated carbocycles. The lowest BCUT2D eigenvalue weighted by molar-refractivity contribution is -0.384. The largest absolute Gasteiger partial charge is 0.454 e. The molecule has 2 rings (SSSR count). The third-order valence-electron chi connectivity index (χ3n) is 2.24. The fourth-order valence-electron chi connectivity index (χ4n) is 1.36. The van der Waals surface area contributed by atoms with E-state index in [-0.39, 0.29) is 16.5 Å². The number of hydrogen-bond donors (Lipinski definition) is 0. The number of hydrogen-bond acceptors (Lipinski definition) is 3. The predicted octanol–water partition coefficient (Wildman–Crippen LogP) is 5.35. The van der Waals surface area contributed by atoms with Crippen molar-refractivity contribution in [2.75, 3.05) is 0 Å². The van der Waals surface area contributed by atoms with Crippen molar-refractivity contribution in [3.63, 3.8) is 0 Å². The number of rotatable bonds is 3. The van der Waals surface area contributed by atoms with Crippen LogP contribution in [0, 0.1) is 10.1 Å². The van der Waals surface area contributed by atoms with Crippen LogP contribution in [0.4, 0.5) is 5.69 Å². The molecule has 0 aromatic heterocycles. The van der Waals surface area contributed by atoms with Gasteiger partial charge >= 0.3 is 0 Å². The summed E-state index contributed by atoms with van der Waals surface area (Å²) in [6.45, 7) is 0. The van der Waals surface area contributed by atoms with E-state index in [1.54, 1.807) is 12.1 Å². The number of non-ortho nitro benzene ring substituents is 1. The second kappa shape index (κ2) is 5.65. The molecule has 98 valence electrons. The molecule has 0 atom stereocenters. The van der Waals surface area contributed by atoms with Crippen LogP contribution in [0.5, 0.6) is 11.5 Å². The Labute approximate surface area is 123 Å². The molecule has 0 spiro atoms. The van der Waals surface area contributed by atoms with Gasteiger partial charge in [0, 0.05) is 23.2 Å². The summed E-state index contributed by atoms with van der Waals surface area (Å²) in [7, 11) is 0. The lowest BCUT2D eigenvalue weighted by Crippen LogP contribution is -1.90. The Morgan fingerprint density at radius 2 is 1.68 bits per heavy atom. The van der Waals surface area contributed by atoms with Crippen molar-refractivity contribution in [1.82, 2.24) is 0 Å². The molecular formula is C12H6Cl3NO3. The standard InChI is InChI=1S/C12H6Cl3NO3/c13-7-1-3-9(14)12(5-7)19-11-4-2-8(16(17)18)6-10(11)15/h1-6H. The van der Waals surface area contributed by atoms with Gasteiger partial charge in [0.05, 0.1) is 15.0 Å². The van der Waals surface area contributed by atoms with Gasteiger partial charge in [-0.05, 0) is 18.2 Å². The van der Waals surface area contributed by atoms with Gasteiger partial charge in [0.25, 0.3) is 5.69 Å². The third-order valence-corrected chi connectivity index (χ3v) is 3.08. The average molecular weight is 319 g/mol. The molecule has 2 aromatic rings. The Bertz CT molecular complexity index is 646. The van der Waals surface area contributed by atoms with Gasteiger partial charge in [-0.1, -0.05) is 34.8 Å². The zero-order chi connectivity index (χ0) is 14.0. The topological polar surface area (TPSA) is 52.4 Å². The van der Waals surface area contributed by atoms with E-state index in [9.17, 15) is 10.1 Å². The summed E-state index contributed by atoms with van der Waals surface area (Å²) in [5.74, 6) is 0.585. The van der Waals surface area contributed by atoms with Crippen LogP contribution in [0.2, 0.25) is 15.1 Å². The summed E-state index contributed by atoms with van der Waals surface area (Å²) >= 11 is 17.7. The van der Waals surface area contributed by atoms with Crippen molar-refractivity contribution < 1.29 is 9.66 Å². The smallest absolute Gasteiger partial charge is 0.271 e. The summed E-state index contributed by atoms with van der Waals surface area (Å²) in [6, 6.07) is 8.63. The number of nitro benzene ring substituents is 1. The molecule has 0 amide bonds. The maximum Gasteiger partial charge on any atom is 0.271 e. The Balaban J connectivity index is 2.33. The second-order valence-corrected chi connectivity index (χ2v) is 4.80. The van der Waals surface area contributed by atoms with E-state index in [2.05, 4.69) is 0 Å². The molecule has 0 unspecified atom stereocenters. The maximum absolute atomic E-state index is 10.6. The predicted molar refractivity (Wildman–Crippen MR) is 74.6 cm³/mol. The summed E-state index contributed by atoms with van der Waals surface area (Å²) in [6.07, 6.45) is 0. The quantitative estimate of drug-likeness (QED) is 0.566. The molecule has 7 heteroatoms. The van der Waals surface area contributed by atoms with Gasteiger partial charge in [0.1, 0.15) is 11.5 Å². The molecule has 0 N–H and O–H groups in total. The summed E-state index contributed by atoms with van der Waals surface area (Å²) in [5, 5.41) is 11.5. The molecule has 0 heterocycles. The minimum Gasteiger partial charge on any atom is -0.454 e. The van der Waals surface area contributed by atoms with Gasteiger partial charge in [-0.25, -0.2) is 0 Å². The highest BCUT2D eigenvalue weighted by molar-refractivity contribution is 6.34. The van der Waals surface area contributed by atoms with Crippen LogP contribution in [0.15, 0.2) is 36.4 Å². The molecule has 19 heavy (non-hydrogen) atoms. The van der Waals surface area contributed by atoms with Crippen LogP contribution in [0.3, 0.4) is 0 Å². The van der Waals surface area contributed by atoms with Gasteiger partial charge in [0.2, 0.25) is 0 Å². The molecule has 0 aliphatic rings. The molecule has 2 aromatic carbocycles. The molecule has 4 nitrogen and oxygen atoms in total. The molecule has 0 aliphatic carbocycles. The van der Waals surface area contributed by atoms with Crippen molar-refractivity contribution in [3.05, 3.63) is 61.6 Å². The van der Waals surface area contributed by atoms with Crippen LogP contribution in [0.1, 0.15) is 0 Å². The van der Waals surface area contributed by atoms with Crippen LogP contribution < -0.4 is 4.74 Å². The fraction of sp³-hybridized carbons (Fsp3) is 0. The van der Waals surface area contributed by atoms with Crippen molar-refractivity contribution in [2.45, 2.75) is 0 Å². The normalized spacial score (nSPS) is 10.3. The van der Waals surface area contributed by atoms with Gasteiger partial charge in [-0.3, -0.25) is 10.1 Å². The van der Waals surface area contributed by atoms with E-state index in [1.165, 1.54) is 24.3 Å². The summed E-state index contributed by atoms with van der Waals surface area (Å²) < 4.78 is 5.48. The van der Waals surface area contributed by atoms with E-state index in [0.717, 1.165) is 0 Å². The van der Waals surface area contributed by atoms with Gasteiger partial charge in [-0.15, -0.1) is 0 Å². The first-order valence-corrected chi connectivity index (χ1v) is 6.17. The maximum atomic E-state index is 10.6. The monoisotopic (exact) mass is 317 g/mol. The Morgan fingerprint density at radius 1 is 0.947 bits per heavy atom. The number of benzene rings is 2. The molecule has 0 bridgehead atoms. The summed E-state index contributed by atoms with van der Waals surface area (Å²) in [4.78, 5) is 10.0. The number of nitro groups is 1. The van der Waals surface area contributed by atoms with Gasteiger partial charge < -0.3 is 4.74 Å². The highest BCUT2D eigenvalue weighted by Gasteiger charge is 2.12. The lowest BCUT2D eigenvalue weighted by atomic mass is 10.3. The van der Waals surface area contributed by atoms with E-state index >= 15 is 0 Å². The molecule has 0 saturated heterocycles. The zero-order valence-corrected chi connectivity index (χ0v) is 11.5. The number of nitrogens with zero attached hydrogens (tertiary/aromatic N) is 1. The first kappa shape index (κ1) is 13.9. The Hall–Kier alpha value is -1.49. The van der Waals surface area contributed by atoms with Crippen molar-refractivity contribution in [1.29, 1.82) is 0 Å². The van der Waals surface area contributed by atoms with Gasteiger partial charge in [-0.2, -0.15) is 0 Å². The summed E-state index contributed by atoms with van der Waals surface area (Å²) in [5.41, 5.74) is -0.116. The highest BCUT2D eigenvalue weighted by atomic mass is 35.5. The highest BCUT2D eigenvalue weighted by Crippen LogP contribution is 2.36. The first-order chi connectivity index (χ1) is 8.97. The van der Waals surface area contributed by atoms with E-state index in [1.807, 2.05) is 0 Å². The second-order valence-electron chi connectivity index (χ2n) is 3.55. The van der Waals surface area contributed by atoms with Crippen LogP contribution >= 0.6 is 34.8 Å². The molecule has 0 aliphatic heterocycles. The van der Waals surface area contributed by atoms with Crippen molar-refractivity contribution >= 4 is 40.5 Å². The van der Waals surface area contributed by atoms with Crippen LogP contribution in [-0.4, -0.2) is 4.92 Å². The SMILES string of the molecule is O=[N+]([O-])c1ccc(Oc2cc(Cl)ccc2Cl)c(Cl)c1. The Morgan fingerprint density at radius 3 is 2.32 bits per heavy atom. The van der Waals surface area contributed by atoms with Crippen LogP contribution in [-0.2, 0) is 0 Å². The van der Waals surface area contributed by atoms with E-state index in [0.29, 0.717) is 15.8 Å². The van der Waals surface area contributed by atoms with E-state index < -0.39 is 4.92 Å². The first-order valence-electron chi connectivity index (χ1n) is 5.04. The third kappa shape index (κ3) is 3.29. The van der Waals surface area contributed by atoms with Crippen molar-refractivity contribution in [3.8, 4) is 11.5 Å². The zero-order valence-electron chi connectivity index (χ0n) is 9.27. The lowest BCUT2D eigenvalue weighted by Gasteiger charge is -2.09. The minimum absolute atomic E-state index is 0.116. The number of halogens is 3. The van der Waals surface area contributed by atoms with Crippen molar-refractivity contribution in [2.24, 2.45) is 0 Å². The number of ether oxygens (including phenoxy) is 1. The molecule has 0 fully saturated rings. The average Bonchev–Trinajstić information content (AvgIpc) is 2.36. The van der Waals surface area contributed by atoms with Gasteiger partial charge in [0.15, 0.2) is 0 Å². The molecular weight excluding hydrogens is 312 g/mol. The van der Waals surface area contributed by atoms with Crippen LogP contribution in [0.25, 0.3) is 0 Å². The molecule has 0 radical (unpaired) electrons.